The molecule has 1 atom stereocenters. The number of hydrogen-bond acceptors (Lipinski definition) is 1. The lowest BCUT2D eigenvalue weighted by Crippen LogP contribution is -2.33. The van der Waals surface area contributed by atoms with Crippen LogP contribution < -0.4 is 0 Å². The Morgan fingerprint density at radius 1 is 1.58 bits per heavy atom. The van der Waals surface area contributed by atoms with Crippen molar-refractivity contribution < 1.29 is 4.74 Å². The predicted octanol–water partition coefficient (Wildman–Crippen LogP) is 3.16. The fraction of sp³-hybridized carbons (Fsp3) is 0.778. The van der Waals surface area contributed by atoms with Gasteiger partial charge >= 0.3 is 0 Å². The molecule has 12 heavy (non-hydrogen) atoms. The molecule has 1 fully saturated rings. The maximum Gasteiger partial charge on any atom is 0.0537 e. The van der Waals surface area contributed by atoms with Crippen molar-refractivity contribution in [2.24, 2.45) is 5.41 Å². The van der Waals surface area contributed by atoms with Crippen LogP contribution in [0.4, 0.5) is 0 Å². The molecule has 0 radical (unpaired) electrons. The average Bonchev–Trinajstić information content (AvgIpc) is 2.05. The summed E-state index contributed by atoms with van der Waals surface area (Å²) in [6.45, 7) is 5.27. The molecule has 1 aliphatic heterocycles. The van der Waals surface area contributed by atoms with E-state index in [2.05, 4.69) is 6.58 Å². The standard InChI is InChI=1S/C9H14Cl2O/c1-8(11)5-9(6-10)3-2-4-12-7-9/h1-7H2. The van der Waals surface area contributed by atoms with E-state index in [1.807, 2.05) is 0 Å². The fourth-order valence-corrected chi connectivity index (χ4v) is 2.20. The minimum atomic E-state index is 0.0542. The molecule has 1 rings (SSSR count). The van der Waals surface area contributed by atoms with Gasteiger partial charge in [0.2, 0.25) is 0 Å². The molecule has 0 spiro atoms. The van der Waals surface area contributed by atoms with E-state index < -0.39 is 0 Å². The summed E-state index contributed by atoms with van der Waals surface area (Å²) in [7, 11) is 0. The minimum absolute atomic E-state index is 0.0542. The first-order valence-electron chi connectivity index (χ1n) is 4.15. The van der Waals surface area contributed by atoms with Gasteiger partial charge in [-0.1, -0.05) is 18.2 Å². The summed E-state index contributed by atoms with van der Waals surface area (Å²) in [5.74, 6) is 0.610. The molecule has 1 nitrogen and oxygen atoms in total. The van der Waals surface area contributed by atoms with Crippen molar-refractivity contribution in [1.29, 1.82) is 0 Å². The van der Waals surface area contributed by atoms with E-state index in [1.54, 1.807) is 0 Å². The average molecular weight is 209 g/mol. The van der Waals surface area contributed by atoms with Crippen LogP contribution in [0.25, 0.3) is 0 Å². The summed E-state index contributed by atoms with van der Waals surface area (Å²) < 4.78 is 5.39. The molecule has 70 valence electrons. The predicted molar refractivity (Wildman–Crippen MR) is 52.8 cm³/mol. The van der Waals surface area contributed by atoms with Gasteiger partial charge in [-0.15, -0.1) is 11.6 Å². The largest absolute Gasteiger partial charge is 0.381 e. The van der Waals surface area contributed by atoms with E-state index in [0.717, 1.165) is 32.5 Å². The lowest BCUT2D eigenvalue weighted by molar-refractivity contribution is 0.00568. The van der Waals surface area contributed by atoms with Crippen molar-refractivity contribution >= 4 is 23.2 Å². The Morgan fingerprint density at radius 2 is 2.33 bits per heavy atom. The van der Waals surface area contributed by atoms with Gasteiger partial charge in [-0.25, -0.2) is 0 Å². The number of allylic oxidation sites excluding steroid dienone is 1. The van der Waals surface area contributed by atoms with E-state index >= 15 is 0 Å². The molecule has 1 unspecified atom stereocenters. The van der Waals surface area contributed by atoms with Crippen LogP contribution in [-0.4, -0.2) is 19.1 Å². The molecule has 0 aromatic heterocycles. The van der Waals surface area contributed by atoms with Gasteiger partial charge in [-0.05, 0) is 19.3 Å². The molecule has 1 heterocycles. The molecule has 1 saturated heterocycles. The van der Waals surface area contributed by atoms with Gasteiger partial charge in [0.05, 0.1) is 6.61 Å². The zero-order valence-electron chi connectivity index (χ0n) is 7.11. The second-order valence-electron chi connectivity index (χ2n) is 3.48. The summed E-state index contributed by atoms with van der Waals surface area (Å²) in [4.78, 5) is 0. The molecule has 0 aromatic rings. The molecule has 0 saturated carbocycles. The molecule has 0 bridgehead atoms. The van der Waals surface area contributed by atoms with E-state index in [4.69, 9.17) is 27.9 Å². The topological polar surface area (TPSA) is 9.23 Å². The maximum atomic E-state index is 5.90. The highest BCUT2D eigenvalue weighted by molar-refractivity contribution is 6.29. The Kier molecular flexibility index (Phi) is 3.88. The van der Waals surface area contributed by atoms with Crippen molar-refractivity contribution in [3.63, 3.8) is 0 Å². The van der Waals surface area contributed by atoms with Gasteiger partial charge in [-0.2, -0.15) is 0 Å². The molecule has 0 aromatic carbocycles. The van der Waals surface area contributed by atoms with E-state index in [1.165, 1.54) is 0 Å². The molecule has 0 N–H and O–H groups in total. The monoisotopic (exact) mass is 208 g/mol. The lowest BCUT2D eigenvalue weighted by Gasteiger charge is -2.35. The highest BCUT2D eigenvalue weighted by Crippen LogP contribution is 2.36. The molecule has 1 aliphatic rings. The first kappa shape index (κ1) is 10.4. The van der Waals surface area contributed by atoms with Crippen LogP contribution in [0.2, 0.25) is 0 Å². The van der Waals surface area contributed by atoms with Crippen molar-refractivity contribution in [2.45, 2.75) is 19.3 Å². The molecule has 0 amide bonds. The lowest BCUT2D eigenvalue weighted by atomic mass is 9.81. The summed E-state index contributed by atoms with van der Waals surface area (Å²) in [5.41, 5.74) is 0.0542. The third-order valence-corrected chi connectivity index (χ3v) is 2.95. The van der Waals surface area contributed by atoms with Crippen LogP contribution in [0, 0.1) is 5.41 Å². The number of halogens is 2. The molecular weight excluding hydrogens is 195 g/mol. The van der Waals surface area contributed by atoms with E-state index in [0.29, 0.717) is 10.9 Å². The Bertz CT molecular complexity index is 162. The number of alkyl halides is 1. The first-order chi connectivity index (χ1) is 5.68. The van der Waals surface area contributed by atoms with Crippen molar-refractivity contribution in [2.75, 3.05) is 19.1 Å². The van der Waals surface area contributed by atoms with E-state index in [-0.39, 0.29) is 5.41 Å². The molecule has 0 aliphatic carbocycles. The van der Waals surface area contributed by atoms with Crippen molar-refractivity contribution in [3.8, 4) is 0 Å². The quantitative estimate of drug-likeness (QED) is 0.648. The van der Waals surface area contributed by atoms with Crippen molar-refractivity contribution in [1.82, 2.24) is 0 Å². The smallest absolute Gasteiger partial charge is 0.0537 e. The highest BCUT2D eigenvalue weighted by Gasteiger charge is 2.32. The summed E-state index contributed by atoms with van der Waals surface area (Å²) in [6, 6.07) is 0. The van der Waals surface area contributed by atoms with Crippen LogP contribution in [-0.2, 0) is 4.74 Å². The zero-order chi connectivity index (χ0) is 9.03. The highest BCUT2D eigenvalue weighted by atomic mass is 35.5. The van der Waals surface area contributed by atoms with Gasteiger partial charge in [0.15, 0.2) is 0 Å². The Balaban J connectivity index is 2.53. The third-order valence-electron chi connectivity index (χ3n) is 2.25. The van der Waals surface area contributed by atoms with Crippen LogP contribution in [0.1, 0.15) is 19.3 Å². The second kappa shape index (κ2) is 4.50. The van der Waals surface area contributed by atoms with Crippen LogP contribution >= 0.6 is 23.2 Å². The van der Waals surface area contributed by atoms with E-state index in [9.17, 15) is 0 Å². The van der Waals surface area contributed by atoms with Crippen molar-refractivity contribution in [3.05, 3.63) is 11.6 Å². The van der Waals surface area contributed by atoms with Gasteiger partial charge in [0.25, 0.3) is 0 Å². The summed E-state index contributed by atoms with van der Waals surface area (Å²) in [6.07, 6.45) is 2.96. The third kappa shape index (κ3) is 2.65. The normalized spacial score (nSPS) is 30.2. The van der Waals surface area contributed by atoms with Crippen LogP contribution in [0.3, 0.4) is 0 Å². The summed E-state index contributed by atoms with van der Waals surface area (Å²) in [5, 5.41) is 0.682. The van der Waals surface area contributed by atoms with Crippen LogP contribution in [0.5, 0.6) is 0 Å². The number of rotatable bonds is 3. The Labute approximate surface area is 83.7 Å². The Morgan fingerprint density at radius 3 is 2.75 bits per heavy atom. The van der Waals surface area contributed by atoms with Gasteiger partial charge < -0.3 is 4.74 Å². The SMILES string of the molecule is C=C(Cl)CC1(CCl)CCCOC1. The minimum Gasteiger partial charge on any atom is -0.381 e. The Hall–Kier alpha value is 0.280. The zero-order valence-corrected chi connectivity index (χ0v) is 8.63. The number of ether oxygens (including phenoxy) is 1. The van der Waals surface area contributed by atoms with Gasteiger partial charge in [-0.3, -0.25) is 0 Å². The first-order valence-corrected chi connectivity index (χ1v) is 5.07. The molecular formula is C9H14Cl2O. The maximum absolute atomic E-state index is 5.90. The number of hydrogen-bond donors (Lipinski definition) is 0. The van der Waals surface area contributed by atoms with Crippen LogP contribution in [0.15, 0.2) is 11.6 Å². The van der Waals surface area contributed by atoms with Gasteiger partial charge in [0, 0.05) is 22.9 Å². The fourth-order valence-electron chi connectivity index (χ4n) is 1.61. The molecule has 3 heteroatoms. The van der Waals surface area contributed by atoms with Gasteiger partial charge in [0.1, 0.15) is 0 Å². The summed E-state index contributed by atoms with van der Waals surface area (Å²) >= 11 is 11.7. The second-order valence-corrected chi connectivity index (χ2v) is 4.29.